The van der Waals surface area contributed by atoms with Crippen molar-refractivity contribution < 1.29 is 4.39 Å². The van der Waals surface area contributed by atoms with Crippen LogP contribution < -0.4 is 10.9 Å². The molecule has 4 nitrogen and oxygen atoms in total. The third kappa shape index (κ3) is 2.13. The van der Waals surface area contributed by atoms with Crippen molar-refractivity contribution in [2.75, 3.05) is 5.32 Å². The number of hydrogen-bond donors (Lipinski definition) is 2. The summed E-state index contributed by atoms with van der Waals surface area (Å²) in [6.07, 6.45) is 0. The highest BCUT2D eigenvalue weighted by atomic mass is 32.1. The molecule has 0 spiro atoms. The van der Waals surface area contributed by atoms with Gasteiger partial charge in [0.05, 0.1) is 0 Å². The van der Waals surface area contributed by atoms with Crippen LogP contribution in [0.15, 0.2) is 16.9 Å². The molecule has 0 amide bonds. The Hall–Kier alpha value is -2.13. The number of aromatic amines is 1. The molecule has 2 aromatic rings. The number of nitriles is 1. The van der Waals surface area contributed by atoms with Crippen LogP contribution in [0, 0.1) is 31.0 Å². The fraction of sp³-hybridized carbons (Fsp3) is 0.167. The Labute approximate surface area is 107 Å². The summed E-state index contributed by atoms with van der Waals surface area (Å²) in [5.74, 6) is -0.320. The molecule has 2 N–H and O–H groups in total. The van der Waals surface area contributed by atoms with Gasteiger partial charge in [-0.05, 0) is 48.6 Å². The van der Waals surface area contributed by atoms with Crippen molar-refractivity contribution in [3.63, 3.8) is 0 Å². The van der Waals surface area contributed by atoms with E-state index in [2.05, 4.69) is 9.69 Å². The molecule has 6 heteroatoms. The second kappa shape index (κ2) is 4.63. The smallest absolute Gasteiger partial charge is 0.278 e. The van der Waals surface area contributed by atoms with Gasteiger partial charge in [-0.15, -0.1) is 0 Å². The van der Waals surface area contributed by atoms with E-state index in [0.29, 0.717) is 16.3 Å². The molecule has 1 heterocycles. The standard InChI is InChI=1S/C12H10FN3OS/c1-6-3-8(4-10(13)7(6)2)15-12-9(5-14)11(17)16-18-12/h3-4,15H,1-2H3,(H,16,17). The minimum absolute atomic E-state index is 0.0126. The van der Waals surface area contributed by atoms with Crippen LogP contribution in [-0.2, 0) is 0 Å². The van der Waals surface area contributed by atoms with Gasteiger partial charge < -0.3 is 5.32 Å². The predicted molar refractivity (Wildman–Crippen MR) is 68.8 cm³/mol. The minimum Gasteiger partial charge on any atom is -0.345 e. The lowest BCUT2D eigenvalue weighted by molar-refractivity contribution is 0.617. The van der Waals surface area contributed by atoms with E-state index in [9.17, 15) is 9.18 Å². The number of nitrogens with one attached hydrogen (secondary N) is 2. The molecular formula is C12H10FN3OS. The van der Waals surface area contributed by atoms with Crippen molar-refractivity contribution in [1.82, 2.24) is 4.37 Å². The quantitative estimate of drug-likeness (QED) is 0.875. The van der Waals surface area contributed by atoms with E-state index in [0.717, 1.165) is 17.1 Å². The maximum Gasteiger partial charge on any atom is 0.278 e. The molecule has 0 unspecified atom stereocenters. The summed E-state index contributed by atoms with van der Waals surface area (Å²) in [6, 6.07) is 4.92. The van der Waals surface area contributed by atoms with Gasteiger partial charge in [-0.1, -0.05) is 0 Å². The van der Waals surface area contributed by atoms with Crippen molar-refractivity contribution in [2.24, 2.45) is 0 Å². The van der Waals surface area contributed by atoms with Gasteiger partial charge in [0, 0.05) is 5.69 Å². The number of anilines is 2. The van der Waals surface area contributed by atoms with Crippen LogP contribution >= 0.6 is 11.5 Å². The van der Waals surface area contributed by atoms with Crippen molar-refractivity contribution in [3.05, 3.63) is 45.0 Å². The topological polar surface area (TPSA) is 68.7 Å². The second-order valence-corrected chi connectivity index (χ2v) is 4.69. The summed E-state index contributed by atoms with van der Waals surface area (Å²) >= 11 is 1.02. The first-order valence-corrected chi connectivity index (χ1v) is 6.00. The Morgan fingerprint density at radius 2 is 2.17 bits per heavy atom. The van der Waals surface area contributed by atoms with Gasteiger partial charge in [0.2, 0.25) is 0 Å². The highest BCUT2D eigenvalue weighted by molar-refractivity contribution is 7.10. The van der Waals surface area contributed by atoms with E-state index >= 15 is 0 Å². The largest absolute Gasteiger partial charge is 0.345 e. The molecule has 0 radical (unpaired) electrons. The number of nitrogens with zero attached hydrogens (tertiary/aromatic N) is 1. The number of halogens is 1. The van der Waals surface area contributed by atoms with Crippen LogP contribution in [-0.4, -0.2) is 4.37 Å². The van der Waals surface area contributed by atoms with E-state index in [1.807, 2.05) is 6.07 Å². The van der Waals surface area contributed by atoms with Crippen LogP contribution in [0.3, 0.4) is 0 Å². The zero-order chi connectivity index (χ0) is 13.3. The van der Waals surface area contributed by atoms with Crippen LogP contribution in [0.1, 0.15) is 16.7 Å². The molecule has 0 saturated heterocycles. The SMILES string of the molecule is Cc1cc(Nc2s[nH]c(=O)c2C#N)cc(F)c1C. The Morgan fingerprint density at radius 1 is 1.44 bits per heavy atom. The third-order valence-corrected chi connectivity index (χ3v) is 3.47. The van der Waals surface area contributed by atoms with Gasteiger partial charge in [0.15, 0.2) is 5.56 Å². The lowest BCUT2D eigenvalue weighted by atomic mass is 10.1. The summed E-state index contributed by atoms with van der Waals surface area (Å²) < 4.78 is 16.0. The number of aryl methyl sites for hydroxylation is 1. The van der Waals surface area contributed by atoms with Crippen molar-refractivity contribution >= 4 is 22.2 Å². The average molecular weight is 263 g/mol. The van der Waals surface area contributed by atoms with Gasteiger partial charge in [0.1, 0.15) is 16.9 Å². The van der Waals surface area contributed by atoms with E-state index in [-0.39, 0.29) is 11.4 Å². The molecule has 92 valence electrons. The number of rotatable bonds is 2. The molecule has 0 aliphatic carbocycles. The lowest BCUT2D eigenvalue weighted by Crippen LogP contribution is -2.03. The number of H-pyrrole nitrogens is 1. The molecule has 0 bridgehead atoms. The normalized spacial score (nSPS) is 10.1. The zero-order valence-electron chi connectivity index (χ0n) is 9.80. The number of hydrogen-bond acceptors (Lipinski definition) is 4. The van der Waals surface area contributed by atoms with Crippen molar-refractivity contribution in [1.29, 1.82) is 5.26 Å². The summed E-state index contributed by atoms with van der Waals surface area (Å²) in [7, 11) is 0. The van der Waals surface area contributed by atoms with Gasteiger partial charge in [-0.25, -0.2) is 4.39 Å². The molecule has 1 aromatic carbocycles. The molecule has 0 fully saturated rings. The first-order chi connectivity index (χ1) is 8.52. The first kappa shape index (κ1) is 12.3. The summed E-state index contributed by atoms with van der Waals surface area (Å²) in [5.41, 5.74) is 1.48. The predicted octanol–water partition coefficient (Wildman–Crippen LogP) is 2.81. The van der Waals surface area contributed by atoms with Crippen molar-refractivity contribution in [3.8, 4) is 6.07 Å². The van der Waals surface area contributed by atoms with E-state index in [4.69, 9.17) is 5.26 Å². The van der Waals surface area contributed by atoms with E-state index in [1.54, 1.807) is 19.9 Å². The summed E-state index contributed by atoms with van der Waals surface area (Å²) in [6.45, 7) is 3.50. The Balaban J connectivity index is 2.41. The second-order valence-electron chi connectivity index (χ2n) is 3.87. The first-order valence-electron chi connectivity index (χ1n) is 5.18. The highest BCUT2D eigenvalue weighted by Crippen LogP contribution is 2.25. The van der Waals surface area contributed by atoms with Crippen LogP contribution in [0.5, 0.6) is 0 Å². The Bertz CT molecular complexity index is 673. The third-order valence-electron chi connectivity index (χ3n) is 2.67. The van der Waals surface area contributed by atoms with E-state index in [1.165, 1.54) is 6.07 Å². The molecule has 1 aromatic heterocycles. The molecule has 2 rings (SSSR count). The van der Waals surface area contributed by atoms with Gasteiger partial charge in [-0.2, -0.15) is 5.26 Å². The Kier molecular flexibility index (Phi) is 3.17. The van der Waals surface area contributed by atoms with Crippen LogP contribution in [0.25, 0.3) is 0 Å². The molecular weight excluding hydrogens is 253 g/mol. The zero-order valence-corrected chi connectivity index (χ0v) is 10.6. The average Bonchev–Trinajstić information content (AvgIpc) is 2.66. The summed E-state index contributed by atoms with van der Waals surface area (Å²) in [5, 5.41) is 12.1. The van der Waals surface area contributed by atoms with Crippen molar-refractivity contribution in [2.45, 2.75) is 13.8 Å². The fourth-order valence-corrected chi connectivity index (χ4v) is 2.22. The molecule has 0 atom stereocenters. The van der Waals surface area contributed by atoms with Gasteiger partial charge in [-0.3, -0.25) is 9.17 Å². The van der Waals surface area contributed by atoms with E-state index < -0.39 is 5.56 Å². The van der Waals surface area contributed by atoms with Crippen LogP contribution in [0.2, 0.25) is 0 Å². The molecule has 0 aliphatic rings. The maximum atomic E-state index is 13.6. The minimum atomic E-state index is -0.436. The van der Waals surface area contributed by atoms with Gasteiger partial charge >= 0.3 is 0 Å². The Morgan fingerprint density at radius 3 is 2.78 bits per heavy atom. The number of benzene rings is 1. The molecule has 0 saturated carbocycles. The maximum absolute atomic E-state index is 13.6. The van der Waals surface area contributed by atoms with Gasteiger partial charge in [0.25, 0.3) is 5.56 Å². The number of aromatic nitrogens is 1. The van der Waals surface area contributed by atoms with Crippen LogP contribution in [0.4, 0.5) is 15.1 Å². The lowest BCUT2D eigenvalue weighted by Gasteiger charge is -2.08. The fourth-order valence-electron chi connectivity index (χ4n) is 1.51. The molecule has 18 heavy (non-hydrogen) atoms. The monoisotopic (exact) mass is 263 g/mol. The highest BCUT2D eigenvalue weighted by Gasteiger charge is 2.11. The molecule has 0 aliphatic heterocycles. The summed E-state index contributed by atoms with van der Waals surface area (Å²) in [4.78, 5) is 11.3.